The van der Waals surface area contributed by atoms with Crippen molar-refractivity contribution in [3.05, 3.63) is 85.1 Å². The van der Waals surface area contributed by atoms with E-state index in [2.05, 4.69) is 92.1 Å². The van der Waals surface area contributed by atoms with E-state index in [4.69, 9.17) is 0 Å². The van der Waals surface area contributed by atoms with Gasteiger partial charge < -0.3 is 15.5 Å². The van der Waals surface area contributed by atoms with E-state index in [-0.39, 0.29) is 12.5 Å². The number of carbonyl (C=O) groups excluding carboxylic acids is 1. The van der Waals surface area contributed by atoms with Crippen molar-refractivity contribution in [2.45, 2.75) is 296 Å². The van der Waals surface area contributed by atoms with E-state index >= 15 is 0 Å². The molecule has 0 aromatic rings. The Kier molecular flexibility index (Phi) is 54.8. The summed E-state index contributed by atoms with van der Waals surface area (Å²) in [5.74, 6) is -0.0721. The van der Waals surface area contributed by atoms with Crippen molar-refractivity contribution in [2.24, 2.45) is 0 Å². The van der Waals surface area contributed by atoms with Crippen molar-refractivity contribution in [2.75, 3.05) is 6.61 Å². The lowest BCUT2D eigenvalue weighted by molar-refractivity contribution is -0.123. The Morgan fingerprint density at radius 1 is 0.379 bits per heavy atom. The molecule has 382 valence electrons. The van der Waals surface area contributed by atoms with Crippen LogP contribution in [0.5, 0.6) is 0 Å². The summed E-state index contributed by atoms with van der Waals surface area (Å²) >= 11 is 0. The number of carbonyl (C=O) groups is 1. The van der Waals surface area contributed by atoms with E-state index in [1.165, 1.54) is 199 Å². The van der Waals surface area contributed by atoms with Crippen LogP contribution in [0.1, 0.15) is 284 Å². The van der Waals surface area contributed by atoms with Crippen LogP contribution in [-0.2, 0) is 4.79 Å². The van der Waals surface area contributed by atoms with Gasteiger partial charge in [-0.15, -0.1) is 0 Å². The Labute approximate surface area is 411 Å². The van der Waals surface area contributed by atoms with Crippen LogP contribution in [0.15, 0.2) is 85.1 Å². The average molecular weight is 919 g/mol. The molecule has 3 N–H and O–H groups in total. The molecule has 0 aromatic carbocycles. The summed E-state index contributed by atoms with van der Waals surface area (Å²) in [6.45, 7) is 4.18. The first-order valence-electron chi connectivity index (χ1n) is 28.8. The van der Waals surface area contributed by atoms with E-state index in [1.807, 2.05) is 6.08 Å². The number of hydrogen-bond donors (Lipinski definition) is 3. The summed E-state index contributed by atoms with van der Waals surface area (Å²) in [4.78, 5) is 12.4. The van der Waals surface area contributed by atoms with Gasteiger partial charge in [-0.25, -0.2) is 0 Å². The lowest BCUT2D eigenvalue weighted by atomic mass is 10.0. The molecule has 4 nitrogen and oxygen atoms in total. The third kappa shape index (κ3) is 52.5. The number of rotatable bonds is 52. The summed E-state index contributed by atoms with van der Waals surface area (Å²) in [5, 5.41) is 23.0. The quantitative estimate of drug-likeness (QED) is 0.0421. The number of nitrogens with one attached hydrogen (secondary N) is 1. The van der Waals surface area contributed by atoms with Crippen LogP contribution < -0.4 is 5.32 Å². The van der Waals surface area contributed by atoms with Gasteiger partial charge in [0.2, 0.25) is 5.91 Å². The van der Waals surface area contributed by atoms with E-state index in [0.717, 1.165) is 64.2 Å². The molecule has 0 spiro atoms. The fourth-order valence-corrected chi connectivity index (χ4v) is 8.52. The number of unbranched alkanes of at least 4 members (excludes halogenated alkanes) is 33. The summed E-state index contributed by atoms with van der Waals surface area (Å²) in [6, 6.07) is -0.639. The highest BCUT2D eigenvalue weighted by atomic mass is 16.3. The predicted molar refractivity (Wildman–Crippen MR) is 294 cm³/mol. The van der Waals surface area contributed by atoms with Crippen molar-refractivity contribution in [1.82, 2.24) is 5.32 Å². The van der Waals surface area contributed by atoms with Gasteiger partial charge in [-0.2, -0.15) is 0 Å². The molecule has 2 atom stereocenters. The second-order valence-electron chi connectivity index (χ2n) is 19.3. The predicted octanol–water partition coefficient (Wildman–Crippen LogP) is 19.1. The fourth-order valence-electron chi connectivity index (χ4n) is 8.52. The van der Waals surface area contributed by atoms with E-state index in [1.54, 1.807) is 6.08 Å². The standard InChI is InChI=1S/C62H111NO3/c1-3-5-7-9-11-13-15-17-18-19-20-21-22-23-24-25-26-27-28-29-30-31-32-33-34-35-36-37-38-39-40-41-42-43-44-46-48-50-52-54-56-58-62(66)63-60(59-64)61(65)57-55-53-51-49-47-45-16-14-12-10-8-6-4-2/h5,7,11,13,17-18,20-21,23-24,47,49,55,57,60-61,64-65H,3-4,6,8-10,12,14-16,19,22,25-46,48,50-54,56,58-59H2,1-2H3,(H,63,66)/b7-5-,13-11-,18-17-,21-20-,24-23-,49-47+,57-55+. The minimum atomic E-state index is -0.862. The Morgan fingerprint density at radius 3 is 1.06 bits per heavy atom. The Balaban J connectivity index is 3.42. The normalized spacial score (nSPS) is 13.5. The second-order valence-corrected chi connectivity index (χ2v) is 19.3. The van der Waals surface area contributed by atoms with Crippen LogP contribution in [0.25, 0.3) is 0 Å². The van der Waals surface area contributed by atoms with Crippen molar-refractivity contribution >= 4 is 5.91 Å². The second kappa shape index (κ2) is 56.9. The van der Waals surface area contributed by atoms with E-state index in [0.29, 0.717) is 6.42 Å². The highest BCUT2D eigenvalue weighted by Gasteiger charge is 2.18. The molecule has 4 heteroatoms. The molecule has 66 heavy (non-hydrogen) atoms. The van der Waals surface area contributed by atoms with Crippen molar-refractivity contribution in [3.63, 3.8) is 0 Å². The maximum Gasteiger partial charge on any atom is 0.220 e. The Bertz CT molecular complexity index is 1180. The van der Waals surface area contributed by atoms with Gasteiger partial charge in [0.05, 0.1) is 18.8 Å². The lowest BCUT2D eigenvalue weighted by Gasteiger charge is -2.19. The molecule has 0 fully saturated rings. The topological polar surface area (TPSA) is 69.6 Å². The van der Waals surface area contributed by atoms with Crippen LogP contribution in [0.3, 0.4) is 0 Å². The Hall–Kier alpha value is -2.43. The molecule has 0 saturated heterocycles. The maximum atomic E-state index is 12.4. The Morgan fingerprint density at radius 2 is 0.682 bits per heavy atom. The molecule has 0 saturated carbocycles. The first-order chi connectivity index (χ1) is 32.7. The molecule has 1 amide bonds. The van der Waals surface area contributed by atoms with Gasteiger partial charge in [-0.1, -0.05) is 285 Å². The lowest BCUT2D eigenvalue weighted by Crippen LogP contribution is -2.45. The van der Waals surface area contributed by atoms with Crippen molar-refractivity contribution < 1.29 is 15.0 Å². The van der Waals surface area contributed by atoms with Gasteiger partial charge >= 0.3 is 0 Å². The van der Waals surface area contributed by atoms with Gasteiger partial charge in [0.1, 0.15) is 0 Å². The third-order valence-electron chi connectivity index (χ3n) is 12.9. The summed E-state index contributed by atoms with van der Waals surface area (Å²) in [7, 11) is 0. The highest BCUT2D eigenvalue weighted by molar-refractivity contribution is 5.76. The molecular formula is C62H111NO3. The minimum Gasteiger partial charge on any atom is -0.394 e. The molecule has 0 radical (unpaired) electrons. The van der Waals surface area contributed by atoms with Crippen LogP contribution in [0.4, 0.5) is 0 Å². The van der Waals surface area contributed by atoms with Crippen LogP contribution >= 0.6 is 0 Å². The third-order valence-corrected chi connectivity index (χ3v) is 12.9. The smallest absolute Gasteiger partial charge is 0.220 e. The molecule has 0 bridgehead atoms. The van der Waals surface area contributed by atoms with Gasteiger partial charge in [-0.05, 0) is 77.0 Å². The van der Waals surface area contributed by atoms with Gasteiger partial charge in [0.15, 0.2) is 0 Å². The zero-order valence-corrected chi connectivity index (χ0v) is 43.9. The van der Waals surface area contributed by atoms with E-state index in [9.17, 15) is 15.0 Å². The molecule has 0 rings (SSSR count). The number of amides is 1. The first-order valence-corrected chi connectivity index (χ1v) is 28.8. The SMILES string of the molecule is CC/C=C\C/C=C\C/C=C\C/C=C\C/C=C\CCCCCCCCCCCCCCCCCCCCCCCCCCCC(=O)NC(CO)C(O)/C=C/CC/C=C/CCCCCCCCC. The molecule has 2 unspecified atom stereocenters. The van der Waals surface area contributed by atoms with Gasteiger partial charge in [0, 0.05) is 6.42 Å². The number of aliphatic hydroxyl groups is 2. The van der Waals surface area contributed by atoms with Gasteiger partial charge in [-0.3, -0.25) is 4.79 Å². The number of aliphatic hydroxyl groups excluding tert-OH is 2. The molecule has 0 heterocycles. The van der Waals surface area contributed by atoms with Crippen LogP contribution in [0, 0.1) is 0 Å². The van der Waals surface area contributed by atoms with Gasteiger partial charge in [0.25, 0.3) is 0 Å². The fraction of sp³-hybridized carbons (Fsp3) is 0.758. The average Bonchev–Trinajstić information content (AvgIpc) is 3.32. The van der Waals surface area contributed by atoms with Crippen LogP contribution in [-0.4, -0.2) is 34.9 Å². The first kappa shape index (κ1) is 63.6. The minimum absolute atomic E-state index is 0.0721. The maximum absolute atomic E-state index is 12.4. The van der Waals surface area contributed by atoms with Crippen molar-refractivity contribution in [3.8, 4) is 0 Å². The molecule has 0 aliphatic heterocycles. The summed E-state index contributed by atoms with van der Waals surface area (Å²) in [6.07, 6.45) is 83.4. The highest BCUT2D eigenvalue weighted by Crippen LogP contribution is 2.17. The largest absolute Gasteiger partial charge is 0.394 e. The summed E-state index contributed by atoms with van der Waals surface area (Å²) < 4.78 is 0. The monoisotopic (exact) mass is 918 g/mol. The molecule has 0 aliphatic carbocycles. The molecular weight excluding hydrogens is 807 g/mol. The van der Waals surface area contributed by atoms with Crippen LogP contribution in [0.2, 0.25) is 0 Å². The molecule has 0 aromatic heterocycles. The number of allylic oxidation sites excluding steroid dienone is 13. The zero-order valence-electron chi connectivity index (χ0n) is 43.9. The van der Waals surface area contributed by atoms with Crippen molar-refractivity contribution in [1.29, 1.82) is 0 Å². The molecule has 0 aliphatic rings. The van der Waals surface area contributed by atoms with E-state index < -0.39 is 12.1 Å². The number of hydrogen-bond acceptors (Lipinski definition) is 3. The zero-order chi connectivity index (χ0) is 47.7. The summed E-state index contributed by atoms with van der Waals surface area (Å²) in [5.41, 5.74) is 0.